The Bertz CT molecular complexity index is 2120. The molecule has 5 aliphatic rings. The molecule has 3 heterocycles. The first-order chi connectivity index (χ1) is 27.6. The van der Waals surface area contributed by atoms with Crippen LogP contribution in [0.3, 0.4) is 0 Å². The predicted octanol–water partition coefficient (Wildman–Crippen LogP) is 4.98. The molecular formula is C44H55N5O8S. The lowest BCUT2D eigenvalue weighted by molar-refractivity contribution is -0.148. The van der Waals surface area contributed by atoms with Gasteiger partial charge in [0.25, 0.3) is 5.91 Å². The fraction of sp³-hybridized carbons (Fsp3) is 0.523. The van der Waals surface area contributed by atoms with E-state index < -0.39 is 62.0 Å². The molecule has 0 unspecified atom stereocenters. The number of likely N-dealkylation sites (tertiary alicyclic amines) is 2. The number of rotatable bonds is 13. The number of allylic oxidation sites excluding steroid dienone is 2. The molecule has 2 N–H and O–H groups in total. The van der Waals surface area contributed by atoms with Crippen molar-refractivity contribution < 1.29 is 37.1 Å². The number of fused-ring (bicyclic) bond motifs is 1. The molecule has 2 aromatic carbocycles. The summed E-state index contributed by atoms with van der Waals surface area (Å²) in [5.74, 6) is -1.86. The molecule has 2 aliphatic carbocycles. The molecule has 14 heteroatoms. The summed E-state index contributed by atoms with van der Waals surface area (Å²) in [4.78, 5) is 65.1. The molecule has 7 rings (SSSR count). The van der Waals surface area contributed by atoms with Crippen LogP contribution in [0, 0.1) is 17.3 Å². The fourth-order valence-electron chi connectivity index (χ4n) is 8.33. The zero-order valence-corrected chi connectivity index (χ0v) is 34.7. The topological polar surface area (TPSA) is 164 Å². The summed E-state index contributed by atoms with van der Waals surface area (Å²) < 4.78 is 40.1. The standard InChI is InChI=1S/C44H55N5O8S/c1-6-30-26-44(30,42(53)47-58(54,55)34-17-18-34)46-40(51)38-24-33(27-49(38)41(52)35(43(2,3)4)25-39(50)48-19-11-8-12-20-48)57-32-21-29-15-16-31(56-5)22-37(29)45-36(23-32)28-13-9-7-10-14-28/h6-7,9-10,13-16,22-23,30,33-35,38H,1,8,11-12,17-21,24-27H2,2-5H3,(H,46,51)(H,47,53)/t30-,33-,35-,38-,44-/m1/s1. The monoisotopic (exact) mass is 813 g/mol. The van der Waals surface area contributed by atoms with E-state index in [1.54, 1.807) is 7.11 Å². The van der Waals surface area contributed by atoms with Crippen molar-refractivity contribution in [3.63, 3.8) is 0 Å². The molecule has 310 valence electrons. The Morgan fingerprint density at radius 1 is 1.05 bits per heavy atom. The number of methoxy groups -OCH3 is 1. The normalized spacial score (nSPS) is 24.9. The van der Waals surface area contributed by atoms with Gasteiger partial charge in [0.15, 0.2) is 0 Å². The molecule has 5 atom stereocenters. The zero-order valence-electron chi connectivity index (χ0n) is 33.9. The van der Waals surface area contributed by atoms with Crippen LogP contribution in [0.5, 0.6) is 5.75 Å². The Labute approximate surface area is 341 Å². The predicted molar refractivity (Wildman–Crippen MR) is 220 cm³/mol. The fourth-order valence-corrected chi connectivity index (χ4v) is 9.69. The van der Waals surface area contributed by atoms with Gasteiger partial charge in [0, 0.05) is 56.0 Å². The molecule has 4 fully saturated rings. The average molecular weight is 814 g/mol. The molecule has 2 aromatic rings. The lowest BCUT2D eigenvalue weighted by Gasteiger charge is -2.36. The van der Waals surface area contributed by atoms with Crippen molar-refractivity contribution in [2.75, 3.05) is 26.7 Å². The van der Waals surface area contributed by atoms with E-state index in [1.807, 2.05) is 80.3 Å². The number of benzene rings is 2. The number of hydrogen-bond donors (Lipinski definition) is 2. The maximum atomic E-state index is 14.9. The molecule has 58 heavy (non-hydrogen) atoms. The lowest BCUT2D eigenvalue weighted by Crippen LogP contribution is -2.57. The second kappa shape index (κ2) is 16.3. The van der Waals surface area contributed by atoms with Gasteiger partial charge in [0.2, 0.25) is 27.7 Å². The van der Waals surface area contributed by atoms with E-state index in [1.165, 1.54) is 11.0 Å². The summed E-state index contributed by atoms with van der Waals surface area (Å²) in [5, 5.41) is 2.24. The highest BCUT2D eigenvalue weighted by Crippen LogP contribution is 2.46. The van der Waals surface area contributed by atoms with Gasteiger partial charge in [0.05, 0.1) is 36.2 Å². The third-order valence-electron chi connectivity index (χ3n) is 12.1. The number of amides is 4. The summed E-state index contributed by atoms with van der Waals surface area (Å²) in [7, 11) is -2.29. The van der Waals surface area contributed by atoms with Gasteiger partial charge in [-0.15, -0.1) is 6.58 Å². The average Bonchev–Trinajstić information content (AvgIpc) is 4.13. The van der Waals surface area contributed by atoms with Gasteiger partial charge < -0.3 is 24.6 Å². The molecule has 3 aliphatic heterocycles. The van der Waals surface area contributed by atoms with Gasteiger partial charge in [-0.05, 0) is 55.6 Å². The van der Waals surface area contributed by atoms with Crippen molar-refractivity contribution in [3.8, 4) is 5.75 Å². The number of sulfonamides is 1. The maximum Gasteiger partial charge on any atom is 0.259 e. The number of aliphatic imine (C=N–C) groups is 1. The van der Waals surface area contributed by atoms with Crippen LogP contribution in [-0.2, 0) is 40.4 Å². The van der Waals surface area contributed by atoms with E-state index in [-0.39, 0.29) is 37.6 Å². The summed E-state index contributed by atoms with van der Waals surface area (Å²) in [5.41, 5.74) is 1.01. The first kappa shape index (κ1) is 41.2. The molecule has 13 nitrogen and oxygen atoms in total. The number of carbonyl (C=O) groups is 4. The third-order valence-corrected chi connectivity index (χ3v) is 13.9. The largest absolute Gasteiger partial charge is 0.497 e. The number of ether oxygens (including phenoxy) is 2. The quantitative estimate of drug-likeness (QED) is 0.268. The number of nitrogens with one attached hydrogen (secondary N) is 2. The van der Waals surface area contributed by atoms with Crippen LogP contribution < -0.4 is 14.8 Å². The van der Waals surface area contributed by atoms with Crippen LogP contribution in [0.1, 0.15) is 83.3 Å². The van der Waals surface area contributed by atoms with Gasteiger partial charge in [0.1, 0.15) is 29.2 Å². The zero-order chi connectivity index (χ0) is 41.4. The number of carbonyl (C=O) groups excluding carboxylic acids is 4. The third kappa shape index (κ3) is 8.86. The maximum absolute atomic E-state index is 14.9. The smallest absolute Gasteiger partial charge is 0.259 e. The summed E-state index contributed by atoms with van der Waals surface area (Å²) >= 11 is 0. The highest BCUT2D eigenvalue weighted by Gasteiger charge is 2.62. The van der Waals surface area contributed by atoms with Crippen LogP contribution in [0.15, 0.2) is 78.0 Å². The SMILES string of the molecule is C=C[C@@H]1C[C@]1(NC(=O)[C@H]1C[C@@H](OC2=CC(c3ccccc3)=Nc3cc(OC)ccc3C2)CN1C(=O)[C@@H](CC(=O)N1CCCCC1)C(C)(C)C)C(=O)NS(=O)(=O)C1CC1. The molecule has 0 radical (unpaired) electrons. The van der Waals surface area contributed by atoms with E-state index in [0.717, 1.165) is 36.1 Å². The Hall–Kier alpha value is -4.98. The van der Waals surface area contributed by atoms with E-state index in [2.05, 4.69) is 16.6 Å². The van der Waals surface area contributed by atoms with Gasteiger partial charge in [-0.25, -0.2) is 13.4 Å². The molecule has 4 amide bonds. The Morgan fingerprint density at radius 2 is 1.78 bits per heavy atom. The second-order valence-electron chi connectivity index (χ2n) is 17.4. The van der Waals surface area contributed by atoms with Crippen molar-refractivity contribution in [2.45, 2.75) is 101 Å². The molecule has 2 saturated carbocycles. The van der Waals surface area contributed by atoms with Crippen molar-refractivity contribution in [2.24, 2.45) is 22.2 Å². The Balaban J connectivity index is 1.19. The second-order valence-corrected chi connectivity index (χ2v) is 19.3. The van der Waals surface area contributed by atoms with Gasteiger partial charge in [-0.3, -0.25) is 23.9 Å². The highest BCUT2D eigenvalue weighted by atomic mass is 32.2. The van der Waals surface area contributed by atoms with Gasteiger partial charge >= 0.3 is 0 Å². The van der Waals surface area contributed by atoms with Crippen molar-refractivity contribution in [1.29, 1.82) is 0 Å². The number of piperidine rings is 1. The van der Waals surface area contributed by atoms with E-state index in [9.17, 15) is 27.6 Å². The first-order valence-electron chi connectivity index (χ1n) is 20.4. The van der Waals surface area contributed by atoms with Crippen molar-refractivity contribution in [1.82, 2.24) is 19.8 Å². The molecule has 0 bridgehead atoms. The van der Waals surface area contributed by atoms with Crippen molar-refractivity contribution in [3.05, 3.63) is 84.1 Å². The molecule has 2 saturated heterocycles. The number of nitrogens with zero attached hydrogens (tertiary/aromatic N) is 3. The Morgan fingerprint density at radius 3 is 2.41 bits per heavy atom. The first-order valence-corrected chi connectivity index (χ1v) is 21.9. The summed E-state index contributed by atoms with van der Waals surface area (Å²) in [6, 6.07) is 14.3. The highest BCUT2D eigenvalue weighted by molar-refractivity contribution is 7.91. The van der Waals surface area contributed by atoms with Crippen LogP contribution in [0.4, 0.5) is 5.69 Å². The minimum atomic E-state index is -3.90. The number of hydrogen-bond acceptors (Lipinski definition) is 9. The molecule has 0 aromatic heterocycles. The molecule has 0 spiro atoms. The van der Waals surface area contributed by atoms with Crippen molar-refractivity contribution >= 4 is 45.1 Å². The molecular weight excluding hydrogens is 759 g/mol. The van der Waals surface area contributed by atoms with Crippen LogP contribution >= 0.6 is 0 Å². The summed E-state index contributed by atoms with van der Waals surface area (Å²) in [6.07, 6.45) is 7.25. The van der Waals surface area contributed by atoms with Gasteiger partial charge in [-0.2, -0.15) is 0 Å². The van der Waals surface area contributed by atoms with E-state index >= 15 is 0 Å². The van der Waals surface area contributed by atoms with E-state index in [0.29, 0.717) is 49.6 Å². The Kier molecular flexibility index (Phi) is 11.6. The minimum Gasteiger partial charge on any atom is -0.497 e. The lowest BCUT2D eigenvalue weighted by atomic mass is 9.77. The minimum absolute atomic E-state index is 0.00902. The summed E-state index contributed by atoms with van der Waals surface area (Å²) in [6.45, 7) is 10.9. The van der Waals surface area contributed by atoms with Crippen LogP contribution in [-0.4, -0.2) is 97.2 Å². The van der Waals surface area contributed by atoms with E-state index in [4.69, 9.17) is 14.5 Å². The van der Waals surface area contributed by atoms with Gasteiger partial charge in [-0.1, -0.05) is 63.2 Å². The van der Waals surface area contributed by atoms with Crippen LogP contribution in [0.25, 0.3) is 0 Å². The van der Waals surface area contributed by atoms with Crippen LogP contribution in [0.2, 0.25) is 0 Å².